The van der Waals surface area contributed by atoms with E-state index in [0.717, 1.165) is 5.56 Å². The summed E-state index contributed by atoms with van der Waals surface area (Å²) in [5.74, 6) is -0.761. The van der Waals surface area contributed by atoms with Crippen LogP contribution in [0.5, 0.6) is 0 Å². The summed E-state index contributed by atoms with van der Waals surface area (Å²) in [4.78, 5) is 26.9. The molecular formula is C26H25N3O4S. The van der Waals surface area contributed by atoms with E-state index >= 15 is 0 Å². The zero-order chi connectivity index (χ0) is 24.5. The van der Waals surface area contributed by atoms with E-state index in [0.29, 0.717) is 33.9 Å². The van der Waals surface area contributed by atoms with Crippen LogP contribution in [0.15, 0.2) is 78.9 Å². The first-order chi connectivity index (χ1) is 16.2. The molecule has 0 fully saturated rings. The minimum absolute atomic E-state index is 0.360. The number of amides is 2. The van der Waals surface area contributed by atoms with Crippen LogP contribution in [-0.2, 0) is 19.6 Å². The van der Waals surface area contributed by atoms with Crippen molar-refractivity contribution in [1.82, 2.24) is 0 Å². The smallest absolute Gasteiger partial charge is 0.267 e. The quantitative estimate of drug-likeness (QED) is 0.504. The van der Waals surface area contributed by atoms with Crippen molar-refractivity contribution in [3.8, 4) is 0 Å². The number of rotatable bonds is 6. The SMILES string of the molecule is CC(=O)N1C(=O)/C(=C(\Nc2ccc(NS(=O)(=O)C(C)C)cc2)c2ccccc2)c2ccccc21. The molecule has 0 aromatic heterocycles. The molecule has 1 aliphatic heterocycles. The Labute approximate surface area is 199 Å². The van der Waals surface area contributed by atoms with Crippen molar-refractivity contribution in [2.75, 3.05) is 14.9 Å². The molecule has 0 spiro atoms. The Bertz CT molecular complexity index is 1380. The van der Waals surface area contributed by atoms with Gasteiger partial charge in [0.2, 0.25) is 15.9 Å². The maximum atomic E-state index is 13.4. The molecule has 8 heteroatoms. The van der Waals surface area contributed by atoms with Gasteiger partial charge in [-0.1, -0.05) is 48.5 Å². The van der Waals surface area contributed by atoms with Gasteiger partial charge in [0.25, 0.3) is 5.91 Å². The lowest BCUT2D eigenvalue weighted by atomic mass is 10.00. The Morgan fingerprint density at radius 2 is 1.44 bits per heavy atom. The van der Waals surface area contributed by atoms with Crippen molar-refractivity contribution in [3.05, 3.63) is 90.0 Å². The lowest BCUT2D eigenvalue weighted by Crippen LogP contribution is -2.31. The van der Waals surface area contributed by atoms with Gasteiger partial charge in [-0.25, -0.2) is 13.3 Å². The van der Waals surface area contributed by atoms with Crippen LogP contribution >= 0.6 is 0 Å². The van der Waals surface area contributed by atoms with Crippen LogP contribution in [0.4, 0.5) is 17.1 Å². The molecule has 1 aliphatic rings. The Morgan fingerprint density at radius 3 is 2.06 bits per heavy atom. The fraction of sp³-hybridized carbons (Fsp3) is 0.154. The molecule has 174 valence electrons. The van der Waals surface area contributed by atoms with E-state index in [4.69, 9.17) is 0 Å². The summed E-state index contributed by atoms with van der Waals surface area (Å²) in [6, 6.07) is 23.3. The largest absolute Gasteiger partial charge is 0.354 e. The number of carbonyl (C=O) groups is 2. The molecule has 3 aromatic carbocycles. The molecule has 0 radical (unpaired) electrons. The molecule has 0 unspecified atom stereocenters. The van der Waals surface area contributed by atoms with E-state index in [1.807, 2.05) is 42.5 Å². The molecule has 1 heterocycles. The number of anilines is 3. The van der Waals surface area contributed by atoms with Gasteiger partial charge >= 0.3 is 0 Å². The number of hydrogen-bond acceptors (Lipinski definition) is 5. The fourth-order valence-corrected chi connectivity index (χ4v) is 4.40. The standard InChI is InChI=1S/C26H25N3O4S/c1-17(2)34(32,33)28-21-15-13-20(14-16-21)27-25(19-9-5-4-6-10-19)24-22-11-7-8-12-23(22)29(18(3)30)26(24)31/h4-17,27-28H,1-3H3/b25-24-. The summed E-state index contributed by atoms with van der Waals surface area (Å²) < 4.78 is 26.9. The maximum Gasteiger partial charge on any atom is 0.267 e. The van der Waals surface area contributed by atoms with Gasteiger partial charge in [-0.05, 0) is 49.7 Å². The summed E-state index contributed by atoms with van der Waals surface area (Å²) in [6.45, 7) is 4.58. The number of imide groups is 1. The van der Waals surface area contributed by atoms with Crippen LogP contribution in [0.25, 0.3) is 11.3 Å². The molecule has 34 heavy (non-hydrogen) atoms. The molecule has 0 saturated carbocycles. The van der Waals surface area contributed by atoms with Gasteiger partial charge in [0.1, 0.15) is 0 Å². The second-order valence-corrected chi connectivity index (χ2v) is 10.4. The number of hydrogen-bond donors (Lipinski definition) is 2. The summed E-state index contributed by atoms with van der Waals surface area (Å²) in [5, 5.41) is 2.77. The van der Waals surface area contributed by atoms with Crippen molar-refractivity contribution in [3.63, 3.8) is 0 Å². The Kier molecular flexibility index (Phi) is 6.26. The third kappa shape index (κ3) is 4.45. The minimum Gasteiger partial charge on any atom is -0.354 e. The number of carbonyl (C=O) groups excluding carboxylic acids is 2. The fourth-order valence-electron chi connectivity index (χ4n) is 3.70. The molecule has 2 amide bonds. The Morgan fingerprint density at radius 1 is 0.853 bits per heavy atom. The normalized spacial score (nSPS) is 14.7. The summed E-state index contributed by atoms with van der Waals surface area (Å²) in [6.07, 6.45) is 0. The van der Waals surface area contributed by atoms with E-state index < -0.39 is 21.2 Å². The first-order valence-electron chi connectivity index (χ1n) is 10.8. The van der Waals surface area contributed by atoms with E-state index in [1.165, 1.54) is 11.8 Å². The van der Waals surface area contributed by atoms with Crippen LogP contribution in [0.2, 0.25) is 0 Å². The average molecular weight is 476 g/mol. The highest BCUT2D eigenvalue weighted by Crippen LogP contribution is 2.41. The zero-order valence-corrected chi connectivity index (χ0v) is 19.9. The van der Waals surface area contributed by atoms with Gasteiger partial charge in [-0.3, -0.25) is 14.3 Å². The summed E-state index contributed by atoms with van der Waals surface area (Å²) in [5.41, 5.74) is 4.03. The number of benzene rings is 3. The highest BCUT2D eigenvalue weighted by molar-refractivity contribution is 7.93. The molecule has 4 rings (SSSR count). The molecule has 0 atom stereocenters. The second-order valence-electron chi connectivity index (χ2n) is 8.19. The highest BCUT2D eigenvalue weighted by atomic mass is 32.2. The van der Waals surface area contributed by atoms with E-state index in [9.17, 15) is 18.0 Å². The average Bonchev–Trinajstić information content (AvgIpc) is 3.10. The van der Waals surface area contributed by atoms with Crippen LogP contribution in [-0.4, -0.2) is 25.5 Å². The Hall–Kier alpha value is -3.91. The number of nitrogens with one attached hydrogen (secondary N) is 2. The minimum atomic E-state index is -3.46. The lowest BCUT2D eigenvalue weighted by Gasteiger charge is -2.16. The van der Waals surface area contributed by atoms with Gasteiger partial charge in [0, 0.05) is 23.9 Å². The van der Waals surface area contributed by atoms with E-state index in [1.54, 1.807) is 50.2 Å². The first-order valence-corrected chi connectivity index (χ1v) is 12.4. The summed E-state index contributed by atoms with van der Waals surface area (Å²) in [7, 11) is -3.46. The van der Waals surface area contributed by atoms with E-state index in [2.05, 4.69) is 10.0 Å². The van der Waals surface area contributed by atoms with Gasteiger partial charge in [-0.15, -0.1) is 0 Å². The monoisotopic (exact) mass is 475 g/mol. The van der Waals surface area contributed by atoms with Gasteiger partial charge in [-0.2, -0.15) is 0 Å². The van der Waals surface area contributed by atoms with E-state index in [-0.39, 0.29) is 5.91 Å². The van der Waals surface area contributed by atoms with Crippen molar-refractivity contribution >= 4 is 50.2 Å². The second kappa shape index (κ2) is 9.15. The van der Waals surface area contributed by atoms with Crippen molar-refractivity contribution in [2.24, 2.45) is 0 Å². The Balaban J connectivity index is 1.79. The molecule has 0 saturated heterocycles. The van der Waals surface area contributed by atoms with Crippen molar-refractivity contribution < 1.29 is 18.0 Å². The number of fused-ring (bicyclic) bond motifs is 1. The number of nitrogens with zero attached hydrogens (tertiary/aromatic N) is 1. The predicted molar refractivity (Wildman–Crippen MR) is 136 cm³/mol. The molecule has 7 nitrogen and oxygen atoms in total. The van der Waals surface area contributed by atoms with Gasteiger partial charge < -0.3 is 5.32 Å². The van der Waals surface area contributed by atoms with Crippen LogP contribution in [0.1, 0.15) is 31.9 Å². The maximum absolute atomic E-state index is 13.4. The zero-order valence-electron chi connectivity index (χ0n) is 19.1. The highest BCUT2D eigenvalue weighted by Gasteiger charge is 2.37. The third-order valence-corrected chi connectivity index (χ3v) is 7.25. The van der Waals surface area contributed by atoms with Gasteiger partial charge in [0.15, 0.2) is 0 Å². The van der Waals surface area contributed by atoms with Crippen LogP contribution in [0, 0.1) is 0 Å². The molecule has 2 N–H and O–H groups in total. The van der Waals surface area contributed by atoms with Crippen LogP contribution < -0.4 is 14.9 Å². The molecule has 3 aromatic rings. The topological polar surface area (TPSA) is 95.6 Å². The first kappa shape index (κ1) is 23.3. The number of para-hydroxylation sites is 1. The molecule has 0 bridgehead atoms. The lowest BCUT2D eigenvalue weighted by molar-refractivity contribution is -0.122. The third-order valence-electron chi connectivity index (χ3n) is 5.49. The van der Waals surface area contributed by atoms with Crippen LogP contribution in [0.3, 0.4) is 0 Å². The van der Waals surface area contributed by atoms with Crippen molar-refractivity contribution in [1.29, 1.82) is 0 Å². The molecule has 0 aliphatic carbocycles. The summed E-state index contributed by atoms with van der Waals surface area (Å²) >= 11 is 0. The van der Waals surface area contributed by atoms with Gasteiger partial charge in [0.05, 0.1) is 22.2 Å². The molecular weight excluding hydrogens is 450 g/mol. The predicted octanol–water partition coefficient (Wildman–Crippen LogP) is 4.71. The number of sulfonamides is 1. The van der Waals surface area contributed by atoms with Crippen molar-refractivity contribution in [2.45, 2.75) is 26.0 Å².